The molecule has 4 heterocycles. The van der Waals surface area contributed by atoms with Gasteiger partial charge in [0, 0.05) is 44.9 Å². The standard InChI is InChI=1S/C18H23N7O2/c1-3-14-16(19-12-27-14)18(26)24-9-5-13(6-10-24)17-22-21-15(23(17)2)11-25-8-4-7-20-25/h4,7-8,12-13H,3,5-6,9-11H2,1-2H3. The van der Waals surface area contributed by atoms with Crippen LogP contribution in [0.5, 0.6) is 0 Å². The Balaban J connectivity index is 1.41. The quantitative estimate of drug-likeness (QED) is 0.678. The van der Waals surface area contributed by atoms with Crippen molar-refractivity contribution in [3.8, 4) is 0 Å². The van der Waals surface area contributed by atoms with Gasteiger partial charge in [-0.25, -0.2) is 4.98 Å². The summed E-state index contributed by atoms with van der Waals surface area (Å²) >= 11 is 0. The summed E-state index contributed by atoms with van der Waals surface area (Å²) in [7, 11) is 1.99. The molecule has 9 nitrogen and oxygen atoms in total. The fourth-order valence-electron chi connectivity index (χ4n) is 3.59. The van der Waals surface area contributed by atoms with Crippen molar-refractivity contribution in [3.05, 3.63) is 48.0 Å². The maximum absolute atomic E-state index is 12.7. The molecule has 4 rings (SSSR count). The Labute approximate surface area is 157 Å². The van der Waals surface area contributed by atoms with Gasteiger partial charge >= 0.3 is 0 Å². The lowest BCUT2D eigenvalue weighted by Gasteiger charge is -2.31. The number of piperidine rings is 1. The van der Waals surface area contributed by atoms with E-state index in [4.69, 9.17) is 4.42 Å². The van der Waals surface area contributed by atoms with E-state index in [1.807, 2.05) is 35.8 Å². The van der Waals surface area contributed by atoms with E-state index in [0.717, 1.165) is 24.5 Å². The van der Waals surface area contributed by atoms with Gasteiger partial charge in [0.25, 0.3) is 5.91 Å². The van der Waals surface area contributed by atoms with E-state index in [1.54, 1.807) is 6.20 Å². The maximum Gasteiger partial charge on any atom is 0.276 e. The first kappa shape index (κ1) is 17.4. The van der Waals surface area contributed by atoms with E-state index in [0.29, 0.717) is 43.4 Å². The van der Waals surface area contributed by atoms with Crippen LogP contribution >= 0.6 is 0 Å². The average Bonchev–Trinajstić information content (AvgIpc) is 3.44. The van der Waals surface area contributed by atoms with Gasteiger partial charge in [-0.05, 0) is 18.9 Å². The highest BCUT2D eigenvalue weighted by atomic mass is 16.3. The van der Waals surface area contributed by atoms with Crippen LogP contribution in [0.4, 0.5) is 0 Å². The van der Waals surface area contributed by atoms with E-state index in [1.165, 1.54) is 6.39 Å². The molecule has 0 aromatic carbocycles. The molecule has 1 aliphatic rings. The van der Waals surface area contributed by atoms with Crippen molar-refractivity contribution in [2.45, 2.75) is 38.6 Å². The Kier molecular flexibility index (Phi) is 4.74. The second-order valence-electron chi connectivity index (χ2n) is 6.78. The van der Waals surface area contributed by atoms with Crippen molar-refractivity contribution in [1.82, 2.24) is 34.4 Å². The maximum atomic E-state index is 12.7. The van der Waals surface area contributed by atoms with Gasteiger partial charge in [0.2, 0.25) is 0 Å². The molecule has 1 saturated heterocycles. The molecule has 0 N–H and O–H groups in total. The molecule has 0 aliphatic carbocycles. The van der Waals surface area contributed by atoms with Gasteiger partial charge in [-0.15, -0.1) is 10.2 Å². The first-order chi connectivity index (χ1) is 13.2. The number of likely N-dealkylation sites (tertiary alicyclic amines) is 1. The SMILES string of the molecule is CCc1ocnc1C(=O)N1CCC(c2nnc(Cn3cccn3)n2C)CC1. The summed E-state index contributed by atoms with van der Waals surface area (Å²) in [6.07, 6.45) is 7.39. The number of carbonyl (C=O) groups excluding carboxylic acids is 1. The topological polar surface area (TPSA) is 94.9 Å². The van der Waals surface area contributed by atoms with Gasteiger partial charge in [0.1, 0.15) is 18.1 Å². The highest BCUT2D eigenvalue weighted by Gasteiger charge is 2.29. The monoisotopic (exact) mass is 369 g/mol. The van der Waals surface area contributed by atoms with Crippen LogP contribution < -0.4 is 0 Å². The molecule has 3 aromatic rings. The normalized spacial score (nSPS) is 15.4. The van der Waals surface area contributed by atoms with E-state index in [2.05, 4.69) is 24.8 Å². The van der Waals surface area contributed by atoms with Gasteiger partial charge in [0.05, 0.1) is 0 Å². The number of oxazole rings is 1. The van der Waals surface area contributed by atoms with E-state index in [-0.39, 0.29) is 5.91 Å². The predicted molar refractivity (Wildman–Crippen MR) is 96.1 cm³/mol. The molecule has 3 aromatic heterocycles. The van der Waals surface area contributed by atoms with Crippen LogP contribution in [-0.2, 0) is 20.0 Å². The Bertz CT molecular complexity index is 904. The molecule has 0 atom stereocenters. The molecule has 0 unspecified atom stereocenters. The second-order valence-corrected chi connectivity index (χ2v) is 6.78. The lowest BCUT2D eigenvalue weighted by atomic mass is 9.95. The summed E-state index contributed by atoms with van der Waals surface area (Å²) in [5.74, 6) is 2.75. The van der Waals surface area contributed by atoms with Gasteiger partial charge < -0.3 is 13.9 Å². The third-order valence-corrected chi connectivity index (χ3v) is 5.17. The fraction of sp³-hybridized carbons (Fsp3) is 0.500. The highest BCUT2D eigenvalue weighted by Crippen LogP contribution is 2.28. The zero-order valence-electron chi connectivity index (χ0n) is 15.6. The Morgan fingerprint density at radius 2 is 2.11 bits per heavy atom. The first-order valence-electron chi connectivity index (χ1n) is 9.24. The Morgan fingerprint density at radius 3 is 2.81 bits per heavy atom. The minimum absolute atomic E-state index is 0.0450. The number of aromatic nitrogens is 6. The average molecular weight is 369 g/mol. The molecule has 0 bridgehead atoms. The largest absolute Gasteiger partial charge is 0.448 e. The van der Waals surface area contributed by atoms with Crippen molar-refractivity contribution >= 4 is 5.91 Å². The van der Waals surface area contributed by atoms with Crippen molar-refractivity contribution in [2.75, 3.05) is 13.1 Å². The molecule has 1 fully saturated rings. The first-order valence-corrected chi connectivity index (χ1v) is 9.24. The summed E-state index contributed by atoms with van der Waals surface area (Å²) in [5, 5.41) is 13.0. The summed E-state index contributed by atoms with van der Waals surface area (Å²) in [6.45, 7) is 3.92. The summed E-state index contributed by atoms with van der Waals surface area (Å²) in [6, 6.07) is 1.89. The van der Waals surface area contributed by atoms with Crippen molar-refractivity contribution in [2.24, 2.45) is 7.05 Å². The molecule has 0 spiro atoms. The Hall–Kier alpha value is -2.97. The molecule has 0 saturated carbocycles. The van der Waals surface area contributed by atoms with Crippen molar-refractivity contribution in [3.63, 3.8) is 0 Å². The lowest BCUT2D eigenvalue weighted by Crippen LogP contribution is -2.38. The molecule has 0 radical (unpaired) electrons. The van der Waals surface area contributed by atoms with Crippen LogP contribution in [0.15, 0.2) is 29.3 Å². The third-order valence-electron chi connectivity index (χ3n) is 5.17. The van der Waals surface area contributed by atoms with Crippen LogP contribution in [0.25, 0.3) is 0 Å². The number of rotatable bonds is 5. The van der Waals surface area contributed by atoms with E-state index in [9.17, 15) is 4.79 Å². The number of amides is 1. The van der Waals surface area contributed by atoms with Gasteiger partial charge in [-0.2, -0.15) is 5.10 Å². The fourth-order valence-corrected chi connectivity index (χ4v) is 3.59. The van der Waals surface area contributed by atoms with Gasteiger partial charge in [-0.3, -0.25) is 9.48 Å². The molecule has 9 heteroatoms. The van der Waals surface area contributed by atoms with Crippen LogP contribution in [0.3, 0.4) is 0 Å². The predicted octanol–water partition coefficient (Wildman–Crippen LogP) is 1.63. The van der Waals surface area contributed by atoms with Crippen molar-refractivity contribution in [1.29, 1.82) is 0 Å². The van der Waals surface area contributed by atoms with Crippen LogP contribution in [0.2, 0.25) is 0 Å². The van der Waals surface area contributed by atoms with Crippen molar-refractivity contribution < 1.29 is 9.21 Å². The minimum Gasteiger partial charge on any atom is -0.448 e. The van der Waals surface area contributed by atoms with Gasteiger partial charge in [0.15, 0.2) is 17.9 Å². The highest BCUT2D eigenvalue weighted by molar-refractivity contribution is 5.93. The third kappa shape index (κ3) is 3.36. The summed E-state index contributed by atoms with van der Waals surface area (Å²) in [5.41, 5.74) is 0.441. The summed E-state index contributed by atoms with van der Waals surface area (Å²) < 4.78 is 9.17. The minimum atomic E-state index is -0.0450. The number of aryl methyl sites for hydroxylation is 1. The molecule has 142 valence electrons. The van der Waals surface area contributed by atoms with Crippen LogP contribution in [0, 0.1) is 0 Å². The second kappa shape index (κ2) is 7.34. The zero-order valence-corrected chi connectivity index (χ0v) is 15.6. The van der Waals surface area contributed by atoms with Crippen LogP contribution in [0.1, 0.15) is 53.6 Å². The Morgan fingerprint density at radius 1 is 1.30 bits per heavy atom. The molecule has 1 amide bonds. The lowest BCUT2D eigenvalue weighted by molar-refractivity contribution is 0.0703. The van der Waals surface area contributed by atoms with E-state index < -0.39 is 0 Å². The summed E-state index contributed by atoms with van der Waals surface area (Å²) in [4.78, 5) is 18.6. The van der Waals surface area contributed by atoms with Gasteiger partial charge in [-0.1, -0.05) is 6.92 Å². The van der Waals surface area contributed by atoms with Crippen LogP contribution in [-0.4, -0.2) is 53.4 Å². The zero-order chi connectivity index (χ0) is 18.8. The number of hydrogen-bond acceptors (Lipinski definition) is 6. The molecule has 27 heavy (non-hydrogen) atoms. The number of carbonyl (C=O) groups is 1. The number of hydrogen-bond donors (Lipinski definition) is 0. The van der Waals surface area contributed by atoms with E-state index >= 15 is 0 Å². The smallest absolute Gasteiger partial charge is 0.276 e. The molecular formula is C18H23N7O2. The number of nitrogens with zero attached hydrogens (tertiary/aromatic N) is 7. The molecular weight excluding hydrogens is 346 g/mol. The molecule has 1 aliphatic heterocycles.